The lowest BCUT2D eigenvalue weighted by molar-refractivity contribution is 0.788. The number of para-hydroxylation sites is 1. The van der Waals surface area contributed by atoms with E-state index in [0.29, 0.717) is 0 Å². The van der Waals surface area contributed by atoms with Crippen LogP contribution in [0, 0.1) is 6.92 Å². The highest BCUT2D eigenvalue weighted by atomic mass is 32.1. The number of anilines is 2. The minimum Gasteiger partial charge on any atom is -0.323 e. The summed E-state index contributed by atoms with van der Waals surface area (Å²) in [4.78, 5) is 6.65. The lowest BCUT2D eigenvalue weighted by atomic mass is 10.2. The number of thiazole rings is 1. The van der Waals surface area contributed by atoms with Crippen molar-refractivity contribution < 1.29 is 0 Å². The first-order valence-corrected chi connectivity index (χ1v) is 6.48. The molecule has 3 nitrogen and oxygen atoms in total. The highest BCUT2D eigenvalue weighted by Crippen LogP contribution is 2.30. The molecule has 1 heterocycles. The van der Waals surface area contributed by atoms with Crippen molar-refractivity contribution in [2.45, 2.75) is 19.9 Å². The van der Waals surface area contributed by atoms with Crippen molar-refractivity contribution in [3.63, 3.8) is 0 Å². The van der Waals surface area contributed by atoms with Crippen LogP contribution in [-0.2, 0) is 0 Å². The van der Waals surface area contributed by atoms with Crippen LogP contribution >= 0.6 is 11.3 Å². The van der Waals surface area contributed by atoms with Crippen molar-refractivity contribution >= 4 is 22.2 Å². The number of rotatable bonds is 3. The van der Waals surface area contributed by atoms with Gasteiger partial charge in [-0.25, -0.2) is 4.98 Å². The van der Waals surface area contributed by atoms with Crippen LogP contribution in [0.15, 0.2) is 29.6 Å². The number of nitrogens with zero attached hydrogens (tertiary/aromatic N) is 2. The van der Waals surface area contributed by atoms with E-state index in [2.05, 4.69) is 28.9 Å². The van der Waals surface area contributed by atoms with Gasteiger partial charge < -0.3 is 10.6 Å². The van der Waals surface area contributed by atoms with Gasteiger partial charge in [0.15, 0.2) is 5.13 Å². The summed E-state index contributed by atoms with van der Waals surface area (Å²) >= 11 is 1.62. The Labute approximate surface area is 106 Å². The number of hydrogen-bond donors (Lipinski definition) is 1. The van der Waals surface area contributed by atoms with Crippen LogP contribution in [0.2, 0.25) is 0 Å². The quantitative estimate of drug-likeness (QED) is 0.905. The SMILES string of the molecule is Cc1ccccc1N(C)c1nc(C(C)N)cs1. The van der Waals surface area contributed by atoms with Gasteiger partial charge in [0.25, 0.3) is 0 Å². The van der Waals surface area contributed by atoms with Crippen molar-refractivity contribution in [1.82, 2.24) is 4.98 Å². The molecule has 90 valence electrons. The van der Waals surface area contributed by atoms with E-state index in [1.54, 1.807) is 11.3 Å². The van der Waals surface area contributed by atoms with E-state index in [4.69, 9.17) is 5.73 Å². The van der Waals surface area contributed by atoms with E-state index in [1.165, 1.54) is 11.3 Å². The summed E-state index contributed by atoms with van der Waals surface area (Å²) in [5, 5.41) is 3.00. The minimum absolute atomic E-state index is 0.00901. The average molecular weight is 247 g/mol. The summed E-state index contributed by atoms with van der Waals surface area (Å²) in [6.45, 7) is 4.05. The van der Waals surface area contributed by atoms with Gasteiger partial charge in [-0.15, -0.1) is 11.3 Å². The second kappa shape index (κ2) is 4.85. The maximum absolute atomic E-state index is 5.82. The van der Waals surface area contributed by atoms with Gasteiger partial charge in [0, 0.05) is 24.2 Å². The van der Waals surface area contributed by atoms with Gasteiger partial charge in [-0.2, -0.15) is 0 Å². The molecule has 0 amide bonds. The highest BCUT2D eigenvalue weighted by Gasteiger charge is 2.12. The van der Waals surface area contributed by atoms with Crippen molar-refractivity contribution in [2.24, 2.45) is 5.73 Å². The smallest absolute Gasteiger partial charge is 0.189 e. The molecule has 1 unspecified atom stereocenters. The van der Waals surface area contributed by atoms with E-state index in [-0.39, 0.29) is 6.04 Å². The van der Waals surface area contributed by atoms with E-state index in [9.17, 15) is 0 Å². The molecule has 4 heteroatoms. The van der Waals surface area contributed by atoms with Crippen LogP contribution in [-0.4, -0.2) is 12.0 Å². The van der Waals surface area contributed by atoms with Gasteiger partial charge >= 0.3 is 0 Å². The Balaban J connectivity index is 2.31. The molecule has 0 bridgehead atoms. The lowest BCUT2D eigenvalue weighted by Gasteiger charge is -2.18. The molecule has 0 radical (unpaired) electrons. The van der Waals surface area contributed by atoms with E-state index in [0.717, 1.165) is 10.8 Å². The highest BCUT2D eigenvalue weighted by molar-refractivity contribution is 7.13. The maximum atomic E-state index is 5.82. The molecule has 17 heavy (non-hydrogen) atoms. The van der Waals surface area contributed by atoms with Crippen molar-refractivity contribution in [1.29, 1.82) is 0 Å². The van der Waals surface area contributed by atoms with E-state index < -0.39 is 0 Å². The third-order valence-corrected chi connectivity index (χ3v) is 3.68. The largest absolute Gasteiger partial charge is 0.323 e. The molecular weight excluding hydrogens is 230 g/mol. The molecule has 0 spiro atoms. The van der Waals surface area contributed by atoms with Gasteiger partial charge in [0.05, 0.1) is 5.69 Å². The predicted octanol–water partition coefficient (Wildman–Crippen LogP) is 3.24. The van der Waals surface area contributed by atoms with Crippen LogP contribution < -0.4 is 10.6 Å². The summed E-state index contributed by atoms with van der Waals surface area (Å²) in [6, 6.07) is 8.28. The molecule has 2 rings (SSSR count). The fourth-order valence-corrected chi connectivity index (χ4v) is 2.59. The standard InChI is InChI=1S/C13H17N3S/c1-9-6-4-5-7-12(9)16(3)13-15-11(8-17-13)10(2)14/h4-8,10H,14H2,1-3H3. The molecule has 0 aliphatic carbocycles. The molecule has 0 saturated heterocycles. The third kappa shape index (κ3) is 2.48. The second-order valence-corrected chi connectivity index (χ2v) is 5.03. The number of nitrogens with two attached hydrogens (primary N) is 1. The van der Waals surface area contributed by atoms with Crippen LogP contribution in [0.25, 0.3) is 0 Å². The van der Waals surface area contributed by atoms with Gasteiger partial charge in [-0.05, 0) is 25.5 Å². The second-order valence-electron chi connectivity index (χ2n) is 4.19. The zero-order valence-corrected chi connectivity index (χ0v) is 11.2. The van der Waals surface area contributed by atoms with Gasteiger partial charge in [-0.1, -0.05) is 18.2 Å². The summed E-state index contributed by atoms with van der Waals surface area (Å²) in [5.41, 5.74) is 9.19. The Hall–Kier alpha value is -1.39. The Bertz CT molecular complexity index is 505. The summed E-state index contributed by atoms with van der Waals surface area (Å²) in [6.07, 6.45) is 0. The normalized spacial score (nSPS) is 12.5. The molecule has 1 aromatic heterocycles. The molecule has 1 atom stereocenters. The van der Waals surface area contributed by atoms with Crippen molar-refractivity contribution in [2.75, 3.05) is 11.9 Å². The molecule has 2 aromatic rings. The topological polar surface area (TPSA) is 42.2 Å². The minimum atomic E-state index is -0.00901. The molecule has 1 aromatic carbocycles. The molecule has 0 saturated carbocycles. The van der Waals surface area contributed by atoms with Crippen LogP contribution in [0.5, 0.6) is 0 Å². The zero-order chi connectivity index (χ0) is 12.4. The van der Waals surface area contributed by atoms with E-state index in [1.807, 2.05) is 31.5 Å². The number of hydrogen-bond acceptors (Lipinski definition) is 4. The van der Waals surface area contributed by atoms with Crippen LogP contribution in [0.3, 0.4) is 0 Å². The maximum Gasteiger partial charge on any atom is 0.189 e. The molecule has 0 fully saturated rings. The van der Waals surface area contributed by atoms with Crippen LogP contribution in [0.4, 0.5) is 10.8 Å². The summed E-state index contributed by atoms with van der Waals surface area (Å²) < 4.78 is 0. The molecule has 0 aliphatic rings. The number of aromatic nitrogens is 1. The summed E-state index contributed by atoms with van der Waals surface area (Å²) in [5.74, 6) is 0. The monoisotopic (exact) mass is 247 g/mol. The molecule has 0 aliphatic heterocycles. The van der Waals surface area contributed by atoms with Crippen molar-refractivity contribution in [3.8, 4) is 0 Å². The van der Waals surface area contributed by atoms with Crippen LogP contribution in [0.1, 0.15) is 24.2 Å². The first kappa shape index (κ1) is 12.1. The van der Waals surface area contributed by atoms with E-state index >= 15 is 0 Å². The molecular formula is C13H17N3S. The van der Waals surface area contributed by atoms with Gasteiger partial charge in [0.2, 0.25) is 0 Å². The third-order valence-electron chi connectivity index (χ3n) is 2.74. The van der Waals surface area contributed by atoms with Crippen molar-refractivity contribution in [3.05, 3.63) is 40.9 Å². The molecule has 2 N–H and O–H groups in total. The summed E-state index contributed by atoms with van der Waals surface area (Å²) in [7, 11) is 2.03. The number of aryl methyl sites for hydroxylation is 1. The van der Waals surface area contributed by atoms with Gasteiger partial charge in [-0.3, -0.25) is 0 Å². The Morgan fingerprint density at radius 2 is 2.06 bits per heavy atom. The Morgan fingerprint density at radius 3 is 2.65 bits per heavy atom. The zero-order valence-electron chi connectivity index (χ0n) is 10.3. The lowest BCUT2D eigenvalue weighted by Crippen LogP contribution is -2.11. The first-order chi connectivity index (χ1) is 8.09. The fourth-order valence-electron chi connectivity index (χ4n) is 1.68. The predicted molar refractivity (Wildman–Crippen MR) is 74.0 cm³/mol. The average Bonchev–Trinajstić information content (AvgIpc) is 2.78. The first-order valence-electron chi connectivity index (χ1n) is 5.60. The number of benzene rings is 1. The van der Waals surface area contributed by atoms with Gasteiger partial charge in [0.1, 0.15) is 0 Å². The Morgan fingerprint density at radius 1 is 1.35 bits per heavy atom. The Kier molecular flexibility index (Phi) is 3.45. The fraction of sp³-hybridized carbons (Fsp3) is 0.308.